The molecule has 0 aliphatic rings. The van der Waals surface area contributed by atoms with Gasteiger partial charge < -0.3 is 9.16 Å². The molecule has 5 nitrogen and oxygen atoms in total. The summed E-state index contributed by atoms with van der Waals surface area (Å²) in [5.74, 6) is -0.822. The SMILES string of the molecule is CC(C)(C)OC(=O)CC(=O)c1ccc(C(C)(C)O[SiH2]C(C)(C)C)nc1. The summed E-state index contributed by atoms with van der Waals surface area (Å²) in [6.45, 7) is 15.8. The normalized spacial score (nSPS) is 13.3. The number of carbonyl (C=O) groups is 2. The van der Waals surface area contributed by atoms with Gasteiger partial charge in [-0.2, -0.15) is 0 Å². The second-order valence-corrected chi connectivity index (χ2v) is 11.7. The van der Waals surface area contributed by atoms with Gasteiger partial charge in [0, 0.05) is 11.8 Å². The van der Waals surface area contributed by atoms with E-state index in [0.29, 0.717) is 5.56 Å². The molecular weight excluding hydrogens is 334 g/mol. The van der Waals surface area contributed by atoms with Crippen LogP contribution in [0.4, 0.5) is 0 Å². The smallest absolute Gasteiger partial charge is 0.314 e. The number of hydrogen-bond acceptors (Lipinski definition) is 5. The highest BCUT2D eigenvalue weighted by molar-refractivity contribution is 6.31. The summed E-state index contributed by atoms with van der Waals surface area (Å²) >= 11 is 0. The van der Waals surface area contributed by atoms with Crippen LogP contribution >= 0.6 is 0 Å². The third-order valence-electron chi connectivity index (χ3n) is 3.29. The molecule has 0 atom stereocenters. The first-order chi connectivity index (χ1) is 11.2. The van der Waals surface area contributed by atoms with E-state index in [1.807, 2.05) is 13.8 Å². The highest BCUT2D eigenvalue weighted by atomic mass is 28.2. The van der Waals surface area contributed by atoms with Gasteiger partial charge in [0.25, 0.3) is 0 Å². The summed E-state index contributed by atoms with van der Waals surface area (Å²) < 4.78 is 11.3. The number of aromatic nitrogens is 1. The van der Waals surface area contributed by atoms with Crippen LogP contribution in [0.3, 0.4) is 0 Å². The molecule has 0 saturated heterocycles. The van der Waals surface area contributed by atoms with Gasteiger partial charge in [0.2, 0.25) is 0 Å². The minimum Gasteiger partial charge on any atom is -0.460 e. The van der Waals surface area contributed by atoms with Gasteiger partial charge in [0.1, 0.15) is 12.0 Å². The average molecular weight is 366 g/mol. The van der Waals surface area contributed by atoms with Crippen LogP contribution in [0.2, 0.25) is 5.04 Å². The highest BCUT2D eigenvalue weighted by Crippen LogP contribution is 2.28. The van der Waals surface area contributed by atoms with Crippen molar-refractivity contribution >= 4 is 21.5 Å². The maximum atomic E-state index is 12.2. The monoisotopic (exact) mass is 365 g/mol. The number of esters is 1. The predicted octanol–water partition coefficient (Wildman–Crippen LogP) is 3.55. The Morgan fingerprint density at radius 1 is 1.04 bits per heavy atom. The van der Waals surface area contributed by atoms with Crippen molar-refractivity contribution in [1.29, 1.82) is 0 Å². The first kappa shape index (κ1) is 21.5. The van der Waals surface area contributed by atoms with Crippen LogP contribution < -0.4 is 0 Å². The van der Waals surface area contributed by atoms with Crippen molar-refractivity contribution in [3.63, 3.8) is 0 Å². The fraction of sp³-hybridized carbons (Fsp3) is 0.632. The first-order valence-electron chi connectivity index (χ1n) is 8.55. The lowest BCUT2D eigenvalue weighted by atomic mass is 10.0. The second kappa shape index (κ2) is 7.79. The fourth-order valence-corrected chi connectivity index (χ4v) is 2.94. The van der Waals surface area contributed by atoms with Crippen LogP contribution in [-0.2, 0) is 19.6 Å². The largest absolute Gasteiger partial charge is 0.460 e. The zero-order valence-corrected chi connectivity index (χ0v) is 18.1. The van der Waals surface area contributed by atoms with E-state index in [9.17, 15) is 9.59 Å². The van der Waals surface area contributed by atoms with E-state index in [0.717, 1.165) is 5.69 Å². The number of nitrogens with zero attached hydrogens (tertiary/aromatic N) is 1. The van der Waals surface area contributed by atoms with E-state index in [1.165, 1.54) is 6.20 Å². The van der Waals surface area contributed by atoms with E-state index in [1.54, 1.807) is 32.9 Å². The zero-order chi connectivity index (χ0) is 19.5. The van der Waals surface area contributed by atoms with E-state index in [-0.39, 0.29) is 17.2 Å². The van der Waals surface area contributed by atoms with Gasteiger partial charge in [-0.25, -0.2) is 0 Å². The Labute approximate surface area is 153 Å². The summed E-state index contributed by atoms with van der Waals surface area (Å²) in [6, 6.07) is 3.48. The molecule has 1 rings (SSSR count). The molecule has 1 aromatic rings. The van der Waals surface area contributed by atoms with Gasteiger partial charge in [-0.3, -0.25) is 14.6 Å². The number of carbonyl (C=O) groups excluding carboxylic acids is 2. The van der Waals surface area contributed by atoms with E-state index in [2.05, 4.69) is 25.8 Å². The molecule has 0 fully saturated rings. The third kappa shape index (κ3) is 7.92. The third-order valence-corrected chi connectivity index (χ3v) is 5.03. The number of pyridine rings is 1. The molecule has 0 radical (unpaired) electrons. The quantitative estimate of drug-likeness (QED) is 0.334. The Morgan fingerprint density at radius 2 is 1.64 bits per heavy atom. The molecule has 0 saturated carbocycles. The molecule has 0 spiro atoms. The molecular formula is C19H31NO4Si. The minimum absolute atomic E-state index is 0.195. The van der Waals surface area contributed by atoms with Crippen molar-refractivity contribution in [3.8, 4) is 0 Å². The number of rotatable bonds is 6. The fourth-order valence-electron chi connectivity index (χ4n) is 2.00. The van der Waals surface area contributed by atoms with Crippen molar-refractivity contribution in [2.24, 2.45) is 0 Å². The van der Waals surface area contributed by atoms with Gasteiger partial charge >= 0.3 is 5.97 Å². The molecule has 140 valence electrons. The molecule has 25 heavy (non-hydrogen) atoms. The lowest BCUT2D eigenvalue weighted by Gasteiger charge is -2.29. The van der Waals surface area contributed by atoms with E-state index >= 15 is 0 Å². The molecule has 1 heterocycles. The molecule has 0 amide bonds. The molecule has 0 aliphatic carbocycles. The summed E-state index contributed by atoms with van der Waals surface area (Å²) in [4.78, 5) is 28.3. The predicted molar refractivity (Wildman–Crippen MR) is 101 cm³/mol. The zero-order valence-electron chi connectivity index (χ0n) is 16.7. The molecule has 0 N–H and O–H groups in total. The lowest BCUT2D eigenvalue weighted by Crippen LogP contribution is -2.28. The maximum absolute atomic E-state index is 12.2. The average Bonchev–Trinajstić information content (AvgIpc) is 2.42. The summed E-state index contributed by atoms with van der Waals surface area (Å²) in [5.41, 5.74) is 0.0841. The van der Waals surface area contributed by atoms with Crippen molar-refractivity contribution < 1.29 is 18.8 Å². The second-order valence-electron chi connectivity index (χ2n) is 8.98. The van der Waals surface area contributed by atoms with Crippen molar-refractivity contribution in [2.75, 3.05) is 0 Å². The summed E-state index contributed by atoms with van der Waals surface area (Å²) in [5, 5.41) is 0.195. The van der Waals surface area contributed by atoms with Gasteiger partial charge in [0.05, 0.1) is 11.3 Å². The topological polar surface area (TPSA) is 65.5 Å². The van der Waals surface area contributed by atoms with Crippen molar-refractivity contribution in [2.45, 2.75) is 78.1 Å². The minimum atomic E-state index is -0.724. The maximum Gasteiger partial charge on any atom is 0.314 e. The number of hydrogen-bond donors (Lipinski definition) is 0. The molecule has 0 aliphatic heterocycles. The Hall–Kier alpha value is -1.53. The Bertz CT molecular complexity index is 610. The Kier molecular flexibility index (Phi) is 6.70. The van der Waals surface area contributed by atoms with Gasteiger partial charge in [-0.1, -0.05) is 20.8 Å². The first-order valence-corrected chi connectivity index (χ1v) is 9.84. The summed E-state index contributed by atoms with van der Waals surface area (Å²) in [6.07, 6.45) is 1.22. The van der Waals surface area contributed by atoms with Crippen LogP contribution in [0.5, 0.6) is 0 Å². The van der Waals surface area contributed by atoms with Crippen LogP contribution in [0, 0.1) is 0 Å². The van der Waals surface area contributed by atoms with Crippen molar-refractivity contribution in [1.82, 2.24) is 4.98 Å². The molecule has 1 aromatic heterocycles. The van der Waals surface area contributed by atoms with Crippen LogP contribution in [0.15, 0.2) is 18.3 Å². The Balaban J connectivity index is 2.75. The summed E-state index contributed by atoms with van der Waals surface area (Å²) in [7, 11) is -0.724. The van der Waals surface area contributed by atoms with Crippen LogP contribution in [0.25, 0.3) is 0 Å². The van der Waals surface area contributed by atoms with Crippen LogP contribution in [-0.4, -0.2) is 32.1 Å². The van der Waals surface area contributed by atoms with Gasteiger partial charge in [0.15, 0.2) is 15.5 Å². The van der Waals surface area contributed by atoms with Crippen molar-refractivity contribution in [3.05, 3.63) is 29.6 Å². The number of ether oxygens (including phenoxy) is 1. The standard InChI is InChI=1S/C19H31NO4Si/c1-17(2,3)23-16(22)11-14(21)13-9-10-15(20-12-13)19(7,8)24-25-18(4,5)6/h9-10,12H,11,25H2,1-8H3. The molecule has 0 bridgehead atoms. The van der Waals surface area contributed by atoms with E-state index < -0.39 is 26.9 Å². The van der Waals surface area contributed by atoms with E-state index in [4.69, 9.17) is 9.16 Å². The number of Topliss-reactive ketones (excluding diaryl/α,β-unsaturated/α-hetero) is 1. The number of ketones is 1. The lowest BCUT2D eigenvalue weighted by molar-refractivity contribution is -0.153. The van der Waals surface area contributed by atoms with Gasteiger partial charge in [-0.15, -0.1) is 0 Å². The molecule has 0 unspecified atom stereocenters. The Morgan fingerprint density at radius 3 is 2.08 bits per heavy atom. The molecule has 6 heteroatoms. The highest BCUT2D eigenvalue weighted by Gasteiger charge is 2.26. The van der Waals surface area contributed by atoms with Crippen LogP contribution in [0.1, 0.15) is 77.9 Å². The molecule has 0 aromatic carbocycles. The van der Waals surface area contributed by atoms with Gasteiger partial charge in [-0.05, 0) is 51.8 Å².